The molecule has 0 amide bonds. The van der Waals surface area contributed by atoms with Crippen LogP contribution < -0.4 is 10.1 Å². The second-order valence-corrected chi connectivity index (χ2v) is 6.14. The third-order valence-corrected chi connectivity index (χ3v) is 3.54. The smallest absolute Gasteiger partial charge is 0.305 e. The number of carbonyl (C=O) groups is 1. The number of nitrogens with one attached hydrogen (secondary N) is 1. The first-order valence-corrected chi connectivity index (χ1v) is 8.01. The van der Waals surface area contributed by atoms with Gasteiger partial charge in [-0.15, -0.1) is 0 Å². The molecule has 0 saturated heterocycles. The van der Waals surface area contributed by atoms with Crippen LogP contribution in [0.3, 0.4) is 0 Å². The number of ether oxygens (including phenoxy) is 2. The number of methoxy groups -OCH3 is 1. The molecule has 0 aliphatic rings. The Hall–Kier alpha value is -1.07. The van der Waals surface area contributed by atoms with Gasteiger partial charge in [0.05, 0.1) is 18.2 Å². The molecule has 0 spiro atoms. The molecule has 21 heavy (non-hydrogen) atoms. The summed E-state index contributed by atoms with van der Waals surface area (Å²) in [6, 6.07) is 6.01. The van der Waals surface area contributed by atoms with Gasteiger partial charge in [0.2, 0.25) is 0 Å². The Balaban J connectivity index is 2.52. The van der Waals surface area contributed by atoms with Gasteiger partial charge in [0.15, 0.2) is 0 Å². The van der Waals surface area contributed by atoms with Crippen LogP contribution in [0.4, 0.5) is 0 Å². The minimum absolute atomic E-state index is 0.204. The summed E-state index contributed by atoms with van der Waals surface area (Å²) in [7, 11) is 1.40. The molecule has 0 aliphatic carbocycles. The van der Waals surface area contributed by atoms with Gasteiger partial charge in [0.25, 0.3) is 0 Å². The molecule has 4 nitrogen and oxygen atoms in total. The van der Waals surface area contributed by atoms with Crippen LogP contribution in [0.1, 0.15) is 32.3 Å². The molecule has 0 saturated carbocycles. The molecule has 0 aliphatic heterocycles. The molecule has 0 radical (unpaired) electrons. The molecule has 1 rings (SSSR count). The third-order valence-electron chi connectivity index (χ3n) is 2.92. The Morgan fingerprint density at radius 1 is 1.38 bits per heavy atom. The number of hydrogen-bond donors (Lipinski definition) is 1. The quantitative estimate of drug-likeness (QED) is 0.542. The largest absolute Gasteiger partial charge is 0.492 e. The van der Waals surface area contributed by atoms with E-state index in [1.165, 1.54) is 7.11 Å². The van der Waals surface area contributed by atoms with Crippen LogP contribution in [0, 0.1) is 5.92 Å². The molecule has 0 bridgehead atoms. The van der Waals surface area contributed by atoms with Crippen LogP contribution in [-0.4, -0.2) is 26.2 Å². The summed E-state index contributed by atoms with van der Waals surface area (Å²) in [5.74, 6) is 1.25. The summed E-state index contributed by atoms with van der Waals surface area (Å²) in [5.41, 5.74) is 1.11. The van der Waals surface area contributed by atoms with Gasteiger partial charge in [-0.3, -0.25) is 4.79 Å². The summed E-state index contributed by atoms with van der Waals surface area (Å²) in [6.45, 7) is 6.59. The Morgan fingerprint density at radius 2 is 2.14 bits per heavy atom. The molecule has 0 atom stereocenters. The van der Waals surface area contributed by atoms with Gasteiger partial charge < -0.3 is 14.8 Å². The first-order chi connectivity index (χ1) is 10.0. The van der Waals surface area contributed by atoms with E-state index in [1.54, 1.807) is 0 Å². The standard InChI is InChI=1S/C16H24BrNO3/c1-12(2)10-18-11-13-6-4-7-14(17)16(13)21-9-5-8-15(19)20-3/h4,6-7,12,18H,5,8-11H2,1-3H3. The first kappa shape index (κ1) is 18.0. The fourth-order valence-electron chi connectivity index (χ4n) is 1.84. The third kappa shape index (κ3) is 6.96. The lowest BCUT2D eigenvalue weighted by molar-refractivity contribution is -0.140. The van der Waals surface area contributed by atoms with E-state index < -0.39 is 0 Å². The highest BCUT2D eigenvalue weighted by atomic mass is 79.9. The lowest BCUT2D eigenvalue weighted by Gasteiger charge is -2.14. The number of esters is 1. The number of carbonyl (C=O) groups excluding carboxylic acids is 1. The molecule has 0 aromatic heterocycles. The Morgan fingerprint density at radius 3 is 2.81 bits per heavy atom. The highest BCUT2D eigenvalue weighted by molar-refractivity contribution is 9.10. The molecule has 5 heteroatoms. The lowest BCUT2D eigenvalue weighted by Crippen LogP contribution is -2.19. The van der Waals surface area contributed by atoms with Crippen molar-refractivity contribution in [1.29, 1.82) is 0 Å². The monoisotopic (exact) mass is 357 g/mol. The number of benzene rings is 1. The van der Waals surface area contributed by atoms with E-state index >= 15 is 0 Å². The molecule has 1 aromatic rings. The molecular weight excluding hydrogens is 334 g/mol. The second-order valence-electron chi connectivity index (χ2n) is 5.28. The molecule has 118 valence electrons. The van der Waals surface area contributed by atoms with E-state index in [9.17, 15) is 4.79 Å². The van der Waals surface area contributed by atoms with E-state index in [-0.39, 0.29) is 5.97 Å². The minimum atomic E-state index is -0.204. The van der Waals surface area contributed by atoms with Crippen molar-refractivity contribution in [2.45, 2.75) is 33.2 Å². The lowest BCUT2D eigenvalue weighted by atomic mass is 10.2. The maximum absolute atomic E-state index is 11.1. The average molecular weight is 358 g/mol. The number of halogens is 1. The zero-order valence-electron chi connectivity index (χ0n) is 12.9. The normalized spacial score (nSPS) is 10.7. The van der Waals surface area contributed by atoms with E-state index in [1.807, 2.05) is 18.2 Å². The SMILES string of the molecule is COC(=O)CCCOc1c(Br)cccc1CNCC(C)C. The molecular formula is C16H24BrNO3. The van der Waals surface area contributed by atoms with Crippen molar-refractivity contribution in [3.05, 3.63) is 28.2 Å². The summed E-state index contributed by atoms with van der Waals surface area (Å²) in [5, 5.41) is 3.41. The number of para-hydroxylation sites is 1. The van der Waals surface area contributed by atoms with Crippen LogP contribution in [0.2, 0.25) is 0 Å². The first-order valence-electron chi connectivity index (χ1n) is 7.22. The van der Waals surface area contributed by atoms with Crippen LogP contribution in [0.5, 0.6) is 5.75 Å². The Kier molecular flexibility index (Phi) is 8.38. The van der Waals surface area contributed by atoms with Crippen molar-refractivity contribution < 1.29 is 14.3 Å². The average Bonchev–Trinajstić information content (AvgIpc) is 2.45. The number of rotatable bonds is 9. The predicted octanol–water partition coefficient (Wildman–Crippen LogP) is 3.53. The maximum Gasteiger partial charge on any atom is 0.305 e. The van der Waals surface area contributed by atoms with Crippen molar-refractivity contribution in [3.63, 3.8) is 0 Å². The van der Waals surface area contributed by atoms with Crippen molar-refractivity contribution in [2.24, 2.45) is 5.92 Å². The zero-order valence-corrected chi connectivity index (χ0v) is 14.5. The van der Waals surface area contributed by atoms with Crippen LogP contribution in [0.25, 0.3) is 0 Å². The molecule has 0 unspecified atom stereocenters. The maximum atomic E-state index is 11.1. The van der Waals surface area contributed by atoms with Crippen LogP contribution in [-0.2, 0) is 16.1 Å². The molecule has 0 heterocycles. The van der Waals surface area contributed by atoms with E-state index in [0.29, 0.717) is 25.4 Å². The van der Waals surface area contributed by atoms with E-state index in [0.717, 1.165) is 28.9 Å². The van der Waals surface area contributed by atoms with E-state index in [2.05, 4.69) is 39.8 Å². The summed E-state index contributed by atoms with van der Waals surface area (Å²) in [4.78, 5) is 11.1. The Bertz CT molecular complexity index is 449. The van der Waals surface area contributed by atoms with Crippen molar-refractivity contribution in [3.8, 4) is 5.75 Å². The molecule has 1 N–H and O–H groups in total. The van der Waals surface area contributed by atoms with Crippen molar-refractivity contribution in [2.75, 3.05) is 20.3 Å². The van der Waals surface area contributed by atoms with Crippen molar-refractivity contribution in [1.82, 2.24) is 5.32 Å². The van der Waals surface area contributed by atoms with Crippen LogP contribution >= 0.6 is 15.9 Å². The van der Waals surface area contributed by atoms with Gasteiger partial charge >= 0.3 is 5.97 Å². The minimum Gasteiger partial charge on any atom is -0.492 e. The Labute approximate surface area is 135 Å². The molecule has 0 fully saturated rings. The fourth-order valence-corrected chi connectivity index (χ4v) is 2.36. The summed E-state index contributed by atoms with van der Waals surface area (Å²) >= 11 is 3.52. The predicted molar refractivity (Wildman–Crippen MR) is 87.4 cm³/mol. The summed E-state index contributed by atoms with van der Waals surface area (Å²) < 4.78 is 11.4. The van der Waals surface area contributed by atoms with Crippen LogP contribution in [0.15, 0.2) is 22.7 Å². The molecule has 1 aromatic carbocycles. The van der Waals surface area contributed by atoms with Gasteiger partial charge in [-0.25, -0.2) is 0 Å². The number of hydrogen-bond acceptors (Lipinski definition) is 4. The van der Waals surface area contributed by atoms with Crippen molar-refractivity contribution >= 4 is 21.9 Å². The summed E-state index contributed by atoms with van der Waals surface area (Å²) in [6.07, 6.45) is 1.02. The zero-order chi connectivity index (χ0) is 15.7. The topological polar surface area (TPSA) is 47.6 Å². The highest BCUT2D eigenvalue weighted by Gasteiger charge is 2.09. The highest BCUT2D eigenvalue weighted by Crippen LogP contribution is 2.29. The van der Waals surface area contributed by atoms with Gasteiger partial charge in [-0.2, -0.15) is 0 Å². The van der Waals surface area contributed by atoms with Gasteiger partial charge in [0.1, 0.15) is 5.75 Å². The van der Waals surface area contributed by atoms with Gasteiger partial charge in [0, 0.05) is 18.5 Å². The van der Waals surface area contributed by atoms with Gasteiger partial charge in [-0.1, -0.05) is 26.0 Å². The van der Waals surface area contributed by atoms with Gasteiger partial charge in [-0.05, 0) is 40.9 Å². The second kappa shape index (κ2) is 9.79. The van der Waals surface area contributed by atoms with E-state index in [4.69, 9.17) is 4.74 Å². The fraction of sp³-hybridized carbons (Fsp3) is 0.562.